The van der Waals surface area contributed by atoms with Gasteiger partial charge in [-0.3, -0.25) is 0 Å². The summed E-state index contributed by atoms with van der Waals surface area (Å²) in [4.78, 5) is 10.9. The average molecular weight is 197 g/mol. The summed E-state index contributed by atoms with van der Waals surface area (Å²) < 4.78 is 4.94. The average Bonchev–Trinajstić information content (AvgIpc) is 2.18. The third-order valence-corrected chi connectivity index (χ3v) is 1.78. The summed E-state index contributed by atoms with van der Waals surface area (Å²) in [7, 11) is 0. The minimum absolute atomic E-state index is 0.320. The molecule has 0 heterocycles. The normalized spacial score (nSPS) is 9.31. The van der Waals surface area contributed by atoms with Gasteiger partial charge in [0, 0.05) is 11.6 Å². The lowest BCUT2D eigenvalue weighted by Crippen LogP contribution is -2.04. The molecular weight excluding hydrogens is 188 g/mol. The molecule has 13 heavy (non-hydrogen) atoms. The Morgan fingerprint density at radius 2 is 2.23 bits per heavy atom. The molecule has 1 rings (SSSR count). The molecule has 0 aliphatic carbocycles. The quantitative estimate of drug-likeness (QED) is 0.321. The van der Waals surface area contributed by atoms with Gasteiger partial charge in [-0.1, -0.05) is 24.8 Å². The summed E-state index contributed by atoms with van der Waals surface area (Å²) in [6, 6.07) is 7.11. The molecule has 0 aromatic heterocycles. The van der Waals surface area contributed by atoms with Crippen LogP contribution in [0.1, 0.15) is 5.56 Å². The van der Waals surface area contributed by atoms with E-state index in [1.807, 2.05) is 6.07 Å². The first-order valence-electron chi connectivity index (χ1n) is 3.76. The number of carbonyl (C=O) groups excluding carboxylic acids is 1. The number of rotatable bonds is 3. The van der Waals surface area contributed by atoms with Crippen LogP contribution in [0.3, 0.4) is 0 Å². The smallest absolute Gasteiger partial charge is 0.335 e. The third kappa shape index (κ3) is 2.60. The lowest BCUT2D eigenvalue weighted by Gasteiger charge is -2.04. The lowest BCUT2D eigenvalue weighted by atomic mass is 10.2. The Bertz CT molecular complexity index is 320. The topological polar surface area (TPSA) is 26.3 Å². The van der Waals surface area contributed by atoms with Crippen molar-refractivity contribution in [3.05, 3.63) is 42.5 Å². The van der Waals surface area contributed by atoms with Gasteiger partial charge in [0.25, 0.3) is 0 Å². The van der Waals surface area contributed by atoms with Gasteiger partial charge in [0.15, 0.2) is 0 Å². The minimum atomic E-state index is -0.474. The molecule has 0 bridgehead atoms. The van der Waals surface area contributed by atoms with E-state index in [4.69, 9.17) is 16.3 Å². The van der Waals surface area contributed by atoms with E-state index in [-0.39, 0.29) is 0 Å². The van der Waals surface area contributed by atoms with Crippen LogP contribution in [0.25, 0.3) is 0 Å². The number of benzene rings is 1. The summed E-state index contributed by atoms with van der Waals surface area (Å²) in [6.45, 7) is 3.30. The van der Waals surface area contributed by atoms with Gasteiger partial charge in [0.1, 0.15) is 5.75 Å². The van der Waals surface area contributed by atoms with Crippen LogP contribution < -0.4 is 4.74 Å². The maximum absolute atomic E-state index is 10.9. The summed E-state index contributed by atoms with van der Waals surface area (Å²) in [5.74, 6) is 0.334. The Morgan fingerprint density at radius 3 is 2.85 bits per heavy atom. The SMILES string of the molecule is C=CC(=O)Oc1ccccc1CCl. The zero-order chi connectivity index (χ0) is 9.68. The van der Waals surface area contributed by atoms with Crippen molar-refractivity contribution in [1.82, 2.24) is 0 Å². The first-order valence-corrected chi connectivity index (χ1v) is 4.29. The maximum atomic E-state index is 10.9. The molecule has 0 radical (unpaired) electrons. The lowest BCUT2D eigenvalue weighted by molar-refractivity contribution is -0.129. The van der Waals surface area contributed by atoms with Crippen LogP contribution in [-0.4, -0.2) is 5.97 Å². The Kier molecular flexibility index (Phi) is 3.53. The predicted octanol–water partition coefficient (Wildman–Crippen LogP) is 2.52. The van der Waals surface area contributed by atoms with E-state index in [0.717, 1.165) is 11.6 Å². The second-order valence-corrected chi connectivity index (χ2v) is 2.63. The van der Waals surface area contributed by atoms with E-state index >= 15 is 0 Å². The first-order chi connectivity index (χ1) is 6.27. The molecule has 1 aromatic carbocycles. The van der Waals surface area contributed by atoms with Crippen LogP contribution in [-0.2, 0) is 10.7 Å². The van der Waals surface area contributed by atoms with Crippen molar-refractivity contribution in [2.45, 2.75) is 5.88 Å². The van der Waals surface area contributed by atoms with Gasteiger partial charge in [-0.15, -0.1) is 11.6 Å². The van der Waals surface area contributed by atoms with Crippen LogP contribution in [0.15, 0.2) is 36.9 Å². The zero-order valence-corrected chi connectivity index (χ0v) is 7.75. The highest BCUT2D eigenvalue weighted by molar-refractivity contribution is 6.17. The van der Waals surface area contributed by atoms with Crippen LogP contribution in [0.4, 0.5) is 0 Å². The predicted molar refractivity (Wildman–Crippen MR) is 51.8 cm³/mol. The fraction of sp³-hybridized carbons (Fsp3) is 0.100. The monoisotopic (exact) mass is 196 g/mol. The number of alkyl halides is 1. The first kappa shape index (κ1) is 9.81. The molecule has 0 fully saturated rings. The molecular formula is C10H9ClO2. The van der Waals surface area contributed by atoms with E-state index in [0.29, 0.717) is 11.6 Å². The molecule has 0 unspecified atom stereocenters. The van der Waals surface area contributed by atoms with E-state index in [9.17, 15) is 4.79 Å². The molecule has 0 saturated carbocycles. The zero-order valence-electron chi connectivity index (χ0n) is 7.00. The molecule has 0 spiro atoms. The summed E-state index contributed by atoms with van der Waals surface area (Å²) in [5.41, 5.74) is 0.791. The minimum Gasteiger partial charge on any atom is -0.423 e. The highest BCUT2D eigenvalue weighted by atomic mass is 35.5. The molecule has 0 atom stereocenters. The second kappa shape index (κ2) is 4.67. The highest BCUT2D eigenvalue weighted by Gasteiger charge is 2.04. The molecule has 0 N–H and O–H groups in total. The fourth-order valence-corrected chi connectivity index (χ4v) is 1.08. The number of halogens is 1. The van der Waals surface area contributed by atoms with Gasteiger partial charge < -0.3 is 4.74 Å². The molecule has 0 amide bonds. The second-order valence-electron chi connectivity index (χ2n) is 2.37. The fourth-order valence-electron chi connectivity index (χ4n) is 0.864. The summed E-state index contributed by atoms with van der Waals surface area (Å²) in [5, 5.41) is 0. The van der Waals surface area contributed by atoms with Gasteiger partial charge in [-0.2, -0.15) is 0 Å². The van der Waals surface area contributed by atoms with Gasteiger partial charge in [0.05, 0.1) is 5.88 Å². The Hall–Kier alpha value is -1.28. The number of ether oxygens (including phenoxy) is 1. The molecule has 0 saturated heterocycles. The van der Waals surface area contributed by atoms with Gasteiger partial charge in [0.2, 0.25) is 0 Å². The summed E-state index contributed by atoms with van der Waals surface area (Å²) in [6.07, 6.45) is 1.12. The van der Waals surface area contributed by atoms with Crippen molar-refractivity contribution in [3.8, 4) is 5.75 Å². The standard InChI is InChI=1S/C10H9ClO2/c1-2-10(12)13-9-6-4-3-5-8(9)7-11/h2-6H,1,7H2. The Balaban J connectivity index is 2.86. The largest absolute Gasteiger partial charge is 0.423 e. The van der Waals surface area contributed by atoms with Crippen molar-refractivity contribution in [2.75, 3.05) is 0 Å². The van der Waals surface area contributed by atoms with Crippen molar-refractivity contribution < 1.29 is 9.53 Å². The Labute approximate surface area is 81.8 Å². The molecule has 1 aromatic rings. The third-order valence-electron chi connectivity index (χ3n) is 1.49. The van der Waals surface area contributed by atoms with Crippen LogP contribution in [0, 0.1) is 0 Å². The number of esters is 1. The number of para-hydroxylation sites is 1. The molecule has 3 heteroatoms. The van der Waals surface area contributed by atoms with E-state index in [2.05, 4.69) is 6.58 Å². The maximum Gasteiger partial charge on any atom is 0.335 e. The van der Waals surface area contributed by atoms with E-state index in [1.54, 1.807) is 18.2 Å². The van der Waals surface area contributed by atoms with E-state index in [1.165, 1.54) is 0 Å². The number of hydrogen-bond acceptors (Lipinski definition) is 2. The molecule has 2 nitrogen and oxygen atoms in total. The number of hydrogen-bond donors (Lipinski definition) is 0. The highest BCUT2D eigenvalue weighted by Crippen LogP contribution is 2.19. The van der Waals surface area contributed by atoms with Crippen molar-refractivity contribution in [2.24, 2.45) is 0 Å². The van der Waals surface area contributed by atoms with E-state index < -0.39 is 5.97 Å². The molecule has 0 aliphatic heterocycles. The van der Waals surface area contributed by atoms with Crippen LogP contribution in [0.5, 0.6) is 5.75 Å². The summed E-state index contributed by atoms with van der Waals surface area (Å²) >= 11 is 5.64. The van der Waals surface area contributed by atoms with Crippen LogP contribution in [0.2, 0.25) is 0 Å². The van der Waals surface area contributed by atoms with Gasteiger partial charge in [-0.05, 0) is 6.07 Å². The van der Waals surface area contributed by atoms with Gasteiger partial charge >= 0.3 is 5.97 Å². The number of carbonyl (C=O) groups is 1. The van der Waals surface area contributed by atoms with Crippen molar-refractivity contribution in [3.63, 3.8) is 0 Å². The van der Waals surface area contributed by atoms with Crippen LogP contribution >= 0.6 is 11.6 Å². The van der Waals surface area contributed by atoms with Crippen molar-refractivity contribution in [1.29, 1.82) is 0 Å². The molecule has 68 valence electrons. The van der Waals surface area contributed by atoms with Crippen molar-refractivity contribution >= 4 is 17.6 Å². The molecule has 0 aliphatic rings. The Morgan fingerprint density at radius 1 is 1.54 bits per heavy atom. The van der Waals surface area contributed by atoms with Gasteiger partial charge in [-0.25, -0.2) is 4.79 Å².